The van der Waals surface area contributed by atoms with Crippen LogP contribution in [-0.2, 0) is 18.4 Å². The number of nitrogens with zero attached hydrogens (tertiary/aromatic N) is 4. The van der Waals surface area contributed by atoms with Crippen molar-refractivity contribution in [2.45, 2.75) is 13.5 Å². The van der Waals surface area contributed by atoms with Crippen LogP contribution in [0.1, 0.15) is 21.7 Å². The average Bonchev–Trinajstić information content (AvgIpc) is 3.20. The van der Waals surface area contributed by atoms with Gasteiger partial charge in [0, 0.05) is 52.2 Å². The van der Waals surface area contributed by atoms with Crippen LogP contribution in [0.3, 0.4) is 0 Å². The molecule has 2 amide bonds. The van der Waals surface area contributed by atoms with Crippen molar-refractivity contribution in [3.05, 3.63) is 53.3 Å². The summed E-state index contributed by atoms with van der Waals surface area (Å²) in [5.41, 5.74) is 2.51. The van der Waals surface area contributed by atoms with Crippen molar-refractivity contribution in [1.29, 1.82) is 0 Å². The van der Waals surface area contributed by atoms with Gasteiger partial charge in [0.2, 0.25) is 5.91 Å². The molecule has 0 radical (unpaired) electrons. The highest BCUT2D eigenvalue weighted by Crippen LogP contribution is 2.45. The summed E-state index contributed by atoms with van der Waals surface area (Å²) in [6, 6.07) is 12.1. The van der Waals surface area contributed by atoms with Crippen molar-refractivity contribution >= 4 is 11.8 Å². The highest BCUT2D eigenvalue weighted by Gasteiger charge is 2.57. The molecule has 2 aliphatic heterocycles. The summed E-state index contributed by atoms with van der Waals surface area (Å²) in [4.78, 5) is 29.6. The Kier molecular flexibility index (Phi) is 4.71. The highest BCUT2D eigenvalue weighted by atomic mass is 16.2. The fraction of sp³-hybridized carbons (Fsp3) is 0.476. The van der Waals surface area contributed by atoms with Crippen LogP contribution in [0.4, 0.5) is 0 Å². The maximum absolute atomic E-state index is 12.9. The summed E-state index contributed by atoms with van der Waals surface area (Å²) < 4.78 is 1.63. The third-order valence-corrected chi connectivity index (χ3v) is 6.05. The first kappa shape index (κ1) is 18.7. The number of carbonyl (C=O) groups excluding carboxylic acids is 2. The maximum Gasteiger partial charge on any atom is 0.272 e. The Hall–Kier alpha value is -2.67. The lowest BCUT2D eigenvalue weighted by atomic mass is 9.71. The lowest BCUT2D eigenvalue weighted by Crippen LogP contribution is -2.64. The summed E-state index contributed by atoms with van der Waals surface area (Å²) in [6.07, 6.45) is 0. The Morgan fingerprint density at radius 3 is 2.54 bits per heavy atom. The molecule has 2 aliphatic rings. The Labute approximate surface area is 165 Å². The van der Waals surface area contributed by atoms with Gasteiger partial charge in [0.15, 0.2) is 0 Å². The van der Waals surface area contributed by atoms with E-state index in [-0.39, 0.29) is 23.1 Å². The quantitative estimate of drug-likeness (QED) is 0.859. The standard InChI is InChI=1S/C21H27N5O2/c1-15-9-18(24(3)23-15)20(28)26-13-21(14-26)12-25(11-17(21)19(27)22-2)10-16-7-5-4-6-8-16/h4-9,17H,10-14H2,1-3H3,(H,22,27). The first-order valence-electron chi connectivity index (χ1n) is 9.70. The minimum absolute atomic E-state index is 0.00843. The summed E-state index contributed by atoms with van der Waals surface area (Å²) in [5.74, 6) is -0.0385. The first-order valence-corrected chi connectivity index (χ1v) is 9.70. The molecule has 4 rings (SSSR count). The minimum Gasteiger partial charge on any atom is -0.359 e. The topological polar surface area (TPSA) is 70.5 Å². The smallest absolute Gasteiger partial charge is 0.272 e. The van der Waals surface area contributed by atoms with Crippen LogP contribution in [0, 0.1) is 18.3 Å². The zero-order valence-electron chi connectivity index (χ0n) is 16.7. The molecule has 0 saturated carbocycles. The second-order valence-corrected chi connectivity index (χ2v) is 8.14. The Morgan fingerprint density at radius 2 is 1.93 bits per heavy atom. The summed E-state index contributed by atoms with van der Waals surface area (Å²) in [7, 11) is 3.48. The third-order valence-electron chi connectivity index (χ3n) is 6.05. The van der Waals surface area contributed by atoms with Crippen molar-refractivity contribution in [2.75, 3.05) is 33.2 Å². The second kappa shape index (κ2) is 7.05. The van der Waals surface area contributed by atoms with Gasteiger partial charge in [0.1, 0.15) is 5.69 Å². The SMILES string of the molecule is CNC(=O)C1CN(Cc2ccccc2)CC12CN(C(=O)c1cc(C)nn1C)C2. The fourth-order valence-corrected chi connectivity index (χ4v) is 4.72. The molecule has 3 heterocycles. The molecule has 28 heavy (non-hydrogen) atoms. The number of benzene rings is 1. The molecule has 2 aromatic rings. The van der Waals surface area contributed by atoms with E-state index in [1.807, 2.05) is 36.1 Å². The van der Waals surface area contributed by atoms with Crippen LogP contribution in [0.25, 0.3) is 0 Å². The molecule has 0 aliphatic carbocycles. The Balaban J connectivity index is 1.48. The van der Waals surface area contributed by atoms with E-state index in [2.05, 4.69) is 27.4 Å². The number of rotatable bonds is 4. The van der Waals surface area contributed by atoms with E-state index in [0.717, 1.165) is 25.3 Å². The van der Waals surface area contributed by atoms with Gasteiger partial charge < -0.3 is 10.2 Å². The molecule has 1 aromatic carbocycles. The largest absolute Gasteiger partial charge is 0.359 e. The van der Waals surface area contributed by atoms with Crippen molar-refractivity contribution in [2.24, 2.45) is 18.4 Å². The van der Waals surface area contributed by atoms with Gasteiger partial charge in [-0.15, -0.1) is 0 Å². The van der Waals surface area contributed by atoms with E-state index in [1.54, 1.807) is 18.8 Å². The molecule has 7 nitrogen and oxygen atoms in total. The molecule has 7 heteroatoms. The third kappa shape index (κ3) is 3.20. The van der Waals surface area contributed by atoms with Gasteiger partial charge in [-0.3, -0.25) is 19.2 Å². The number of hydrogen-bond donors (Lipinski definition) is 1. The van der Waals surface area contributed by atoms with Gasteiger partial charge >= 0.3 is 0 Å². The summed E-state index contributed by atoms with van der Waals surface area (Å²) >= 11 is 0. The minimum atomic E-state index is -0.168. The zero-order chi connectivity index (χ0) is 19.9. The number of aromatic nitrogens is 2. The predicted molar refractivity (Wildman–Crippen MR) is 106 cm³/mol. The van der Waals surface area contributed by atoms with E-state index < -0.39 is 0 Å². The van der Waals surface area contributed by atoms with E-state index in [4.69, 9.17) is 0 Å². The van der Waals surface area contributed by atoms with Gasteiger partial charge in [-0.1, -0.05) is 30.3 Å². The lowest BCUT2D eigenvalue weighted by Gasteiger charge is -2.50. The molecular formula is C21H27N5O2. The molecule has 1 aromatic heterocycles. The Morgan fingerprint density at radius 1 is 1.21 bits per heavy atom. The fourth-order valence-electron chi connectivity index (χ4n) is 4.72. The molecular weight excluding hydrogens is 354 g/mol. The zero-order valence-corrected chi connectivity index (χ0v) is 16.7. The number of aryl methyl sites for hydroxylation is 2. The second-order valence-electron chi connectivity index (χ2n) is 8.14. The lowest BCUT2D eigenvalue weighted by molar-refractivity contribution is -0.130. The highest BCUT2D eigenvalue weighted by molar-refractivity contribution is 5.93. The van der Waals surface area contributed by atoms with Crippen molar-refractivity contribution in [3.8, 4) is 0 Å². The van der Waals surface area contributed by atoms with Gasteiger partial charge in [0.25, 0.3) is 5.91 Å². The van der Waals surface area contributed by atoms with Gasteiger partial charge in [-0.25, -0.2) is 0 Å². The molecule has 1 spiro atoms. The molecule has 2 fully saturated rings. The van der Waals surface area contributed by atoms with Crippen LogP contribution in [-0.4, -0.2) is 64.6 Å². The monoisotopic (exact) mass is 381 g/mol. The number of carbonyl (C=O) groups is 2. The molecule has 2 saturated heterocycles. The number of likely N-dealkylation sites (tertiary alicyclic amines) is 2. The molecule has 1 unspecified atom stereocenters. The molecule has 0 bridgehead atoms. The van der Waals surface area contributed by atoms with Crippen LogP contribution in [0.5, 0.6) is 0 Å². The van der Waals surface area contributed by atoms with Crippen LogP contribution < -0.4 is 5.32 Å². The summed E-state index contributed by atoms with van der Waals surface area (Å²) in [6.45, 7) is 5.48. The molecule has 1 atom stereocenters. The van der Waals surface area contributed by atoms with E-state index >= 15 is 0 Å². The van der Waals surface area contributed by atoms with Gasteiger partial charge in [0.05, 0.1) is 11.6 Å². The number of nitrogens with one attached hydrogen (secondary N) is 1. The molecule has 148 valence electrons. The first-order chi connectivity index (χ1) is 13.4. The van der Waals surface area contributed by atoms with Crippen molar-refractivity contribution in [1.82, 2.24) is 24.9 Å². The Bertz CT molecular complexity index is 885. The maximum atomic E-state index is 12.9. The van der Waals surface area contributed by atoms with Crippen LogP contribution in [0.15, 0.2) is 36.4 Å². The predicted octanol–water partition coefficient (Wildman–Crippen LogP) is 1.05. The number of hydrogen-bond acceptors (Lipinski definition) is 4. The summed E-state index contributed by atoms with van der Waals surface area (Å²) in [5, 5.41) is 7.09. The van der Waals surface area contributed by atoms with Crippen LogP contribution in [0.2, 0.25) is 0 Å². The molecule has 1 N–H and O–H groups in total. The normalized spacial score (nSPS) is 21.0. The van der Waals surface area contributed by atoms with E-state index in [0.29, 0.717) is 18.8 Å². The van der Waals surface area contributed by atoms with E-state index in [1.165, 1.54) is 5.56 Å². The van der Waals surface area contributed by atoms with Gasteiger partial charge in [-0.2, -0.15) is 5.10 Å². The van der Waals surface area contributed by atoms with Crippen molar-refractivity contribution in [3.63, 3.8) is 0 Å². The average molecular weight is 381 g/mol. The van der Waals surface area contributed by atoms with Crippen LogP contribution >= 0.6 is 0 Å². The van der Waals surface area contributed by atoms with Gasteiger partial charge in [-0.05, 0) is 18.6 Å². The number of amides is 2. The van der Waals surface area contributed by atoms with Crippen molar-refractivity contribution < 1.29 is 9.59 Å². The van der Waals surface area contributed by atoms with E-state index in [9.17, 15) is 9.59 Å².